The molecular weight excluding hydrogens is 523 g/mol. The number of nitrogens with zero attached hydrogens (tertiary/aromatic N) is 1. The van der Waals surface area contributed by atoms with Crippen molar-refractivity contribution < 1.29 is 36.6 Å². The van der Waals surface area contributed by atoms with E-state index in [4.69, 9.17) is 19.0 Å². The Labute approximate surface area is 218 Å². The molecule has 0 atom stereocenters. The van der Waals surface area contributed by atoms with Gasteiger partial charge < -0.3 is 23.9 Å². The minimum Gasteiger partial charge on any atom is -0.422 e. The number of nitrogens with one attached hydrogen (secondary N) is 3. The van der Waals surface area contributed by atoms with Crippen LogP contribution in [-0.4, -0.2) is 65.6 Å². The Morgan fingerprint density at radius 3 is 2.63 bits per heavy atom. The van der Waals surface area contributed by atoms with Crippen LogP contribution >= 0.6 is 0 Å². The summed E-state index contributed by atoms with van der Waals surface area (Å²) in [5.41, 5.74) is -0.212. The molecule has 0 spiro atoms. The number of aliphatic hydroxyl groups is 1. The number of halogens is 1. The number of anilines is 1. The van der Waals surface area contributed by atoms with Crippen LogP contribution in [0.15, 0.2) is 45.6 Å². The molecule has 1 aromatic heterocycles. The van der Waals surface area contributed by atoms with Gasteiger partial charge in [0.1, 0.15) is 11.3 Å². The number of hydrogen-bond donors (Lipinski definition) is 4. The number of ether oxygens (including phenoxy) is 2. The molecule has 38 heavy (non-hydrogen) atoms. The smallest absolute Gasteiger partial charge is 0.414 e. The second-order valence-corrected chi connectivity index (χ2v) is 9.85. The van der Waals surface area contributed by atoms with E-state index >= 15 is 4.39 Å². The van der Waals surface area contributed by atoms with Gasteiger partial charge in [0.2, 0.25) is 0 Å². The number of aliphatic hydroxyl groups excluding tert-OH is 1. The number of benzene rings is 2. The Bertz CT molecular complexity index is 1460. The highest BCUT2D eigenvalue weighted by atomic mass is 32.2. The molecule has 0 bridgehead atoms. The maximum absolute atomic E-state index is 15.2. The lowest BCUT2D eigenvalue weighted by atomic mass is 9.97. The van der Waals surface area contributed by atoms with Crippen LogP contribution in [0.4, 0.5) is 14.9 Å². The van der Waals surface area contributed by atoms with Gasteiger partial charge >= 0.3 is 11.7 Å². The Kier molecular flexibility index (Phi) is 9.77. The summed E-state index contributed by atoms with van der Waals surface area (Å²) < 4.78 is 59.0. The van der Waals surface area contributed by atoms with Crippen molar-refractivity contribution in [3.05, 3.63) is 69.3 Å². The van der Waals surface area contributed by atoms with Gasteiger partial charge in [0, 0.05) is 51.1 Å². The van der Waals surface area contributed by atoms with Crippen molar-refractivity contribution in [1.82, 2.24) is 14.9 Å². The fourth-order valence-electron chi connectivity index (χ4n) is 3.49. The van der Waals surface area contributed by atoms with Gasteiger partial charge in [-0.1, -0.05) is 12.1 Å². The van der Waals surface area contributed by atoms with Gasteiger partial charge in [-0.3, -0.25) is 10.0 Å². The molecule has 0 radical (unpaired) electrons. The molecule has 0 unspecified atom stereocenters. The summed E-state index contributed by atoms with van der Waals surface area (Å²) in [7, 11) is 0.261. The van der Waals surface area contributed by atoms with E-state index in [1.165, 1.54) is 56.4 Å². The van der Waals surface area contributed by atoms with Gasteiger partial charge in [0.05, 0.1) is 25.6 Å². The highest BCUT2D eigenvalue weighted by Gasteiger charge is 2.20. The van der Waals surface area contributed by atoms with E-state index in [0.29, 0.717) is 10.9 Å². The monoisotopic (exact) mass is 552 g/mol. The molecular formula is C24H29FN4O8S. The summed E-state index contributed by atoms with van der Waals surface area (Å²) in [6.07, 6.45) is -0.819. The zero-order valence-electron chi connectivity index (χ0n) is 21.0. The zero-order chi connectivity index (χ0) is 27.9. The molecule has 14 heteroatoms. The highest BCUT2D eigenvalue weighted by molar-refractivity contribution is 7.90. The Morgan fingerprint density at radius 1 is 1.18 bits per heavy atom. The van der Waals surface area contributed by atoms with Crippen molar-refractivity contribution in [2.45, 2.75) is 13.0 Å². The number of rotatable bonds is 12. The van der Waals surface area contributed by atoms with Gasteiger partial charge in [0.25, 0.3) is 10.2 Å². The third-order valence-corrected chi connectivity index (χ3v) is 6.39. The maximum Gasteiger partial charge on any atom is 0.414 e. The first-order valence-corrected chi connectivity index (χ1v) is 12.9. The van der Waals surface area contributed by atoms with E-state index in [1.807, 2.05) is 4.72 Å². The molecule has 4 N–H and O–H groups in total. The van der Waals surface area contributed by atoms with Crippen LogP contribution in [0.2, 0.25) is 0 Å². The summed E-state index contributed by atoms with van der Waals surface area (Å²) >= 11 is 0. The third kappa shape index (κ3) is 7.26. The molecule has 3 rings (SSSR count). The summed E-state index contributed by atoms with van der Waals surface area (Å²) in [6.45, 7) is 0.133. The van der Waals surface area contributed by atoms with E-state index in [-0.39, 0.29) is 61.1 Å². The van der Waals surface area contributed by atoms with Gasteiger partial charge in [-0.05, 0) is 29.3 Å². The van der Waals surface area contributed by atoms with Crippen LogP contribution in [0, 0.1) is 5.82 Å². The fraction of sp³-hybridized carbons (Fsp3) is 0.333. The summed E-state index contributed by atoms with van der Waals surface area (Å²) in [5, 5.41) is 12.4. The molecule has 0 aliphatic heterocycles. The van der Waals surface area contributed by atoms with Gasteiger partial charge in [0.15, 0.2) is 5.82 Å². The molecule has 0 aliphatic rings. The average molecular weight is 553 g/mol. The molecule has 3 aromatic rings. The zero-order valence-corrected chi connectivity index (χ0v) is 21.9. The van der Waals surface area contributed by atoms with Crippen molar-refractivity contribution in [2.75, 3.05) is 45.8 Å². The molecule has 206 valence electrons. The number of amides is 1. The predicted octanol–water partition coefficient (Wildman–Crippen LogP) is 1.52. The first kappa shape index (κ1) is 29.0. The SMILES string of the molecule is CNS(=O)(=O)Nc1cccc(Cc2c(CNCOCCO)c3ccc(OC(=O)N(C)C)cc3oc2=O)c1F. The molecule has 12 nitrogen and oxygen atoms in total. The third-order valence-electron chi connectivity index (χ3n) is 5.36. The molecule has 0 fully saturated rings. The minimum atomic E-state index is -3.97. The van der Waals surface area contributed by atoms with Crippen LogP contribution < -0.4 is 25.1 Å². The van der Waals surface area contributed by atoms with Crippen molar-refractivity contribution in [1.29, 1.82) is 0 Å². The van der Waals surface area contributed by atoms with Crippen LogP contribution in [0.5, 0.6) is 5.75 Å². The van der Waals surface area contributed by atoms with E-state index in [1.54, 1.807) is 6.07 Å². The largest absolute Gasteiger partial charge is 0.422 e. The van der Waals surface area contributed by atoms with Crippen LogP contribution in [0.25, 0.3) is 11.0 Å². The van der Waals surface area contributed by atoms with Crippen molar-refractivity contribution in [2.24, 2.45) is 0 Å². The summed E-state index contributed by atoms with van der Waals surface area (Å²) in [4.78, 5) is 26.2. The van der Waals surface area contributed by atoms with E-state index in [0.717, 1.165) is 0 Å². The Morgan fingerprint density at radius 2 is 1.95 bits per heavy atom. The lowest BCUT2D eigenvalue weighted by Crippen LogP contribution is -2.27. The standard InChI is InChI=1S/C24H29FN4O8S/c1-26-38(33,34)28-20-6-4-5-15(22(20)25)11-18-19(13-27-14-35-10-9-30)17-8-7-16(36-24(32)29(2)3)12-21(17)37-23(18)31/h4-8,12,26-28,30H,9-11,13-14H2,1-3H3. The topological polar surface area (TPSA) is 159 Å². The number of carbonyl (C=O) groups is 1. The lowest BCUT2D eigenvalue weighted by Gasteiger charge is -2.15. The van der Waals surface area contributed by atoms with Crippen LogP contribution in [0.3, 0.4) is 0 Å². The fourth-order valence-corrected chi connectivity index (χ4v) is 4.04. The second-order valence-electron chi connectivity index (χ2n) is 8.24. The van der Waals surface area contributed by atoms with E-state index < -0.39 is 27.7 Å². The molecule has 0 saturated carbocycles. The average Bonchev–Trinajstić information content (AvgIpc) is 2.87. The maximum atomic E-state index is 15.2. The summed E-state index contributed by atoms with van der Waals surface area (Å²) in [5.74, 6) is -0.685. The molecule has 0 saturated heterocycles. The van der Waals surface area contributed by atoms with Gasteiger partial charge in [-0.25, -0.2) is 18.7 Å². The first-order chi connectivity index (χ1) is 18.1. The van der Waals surface area contributed by atoms with Gasteiger partial charge in [-0.15, -0.1) is 0 Å². The predicted molar refractivity (Wildman–Crippen MR) is 138 cm³/mol. The Hall–Kier alpha value is -3.56. The molecule has 0 aliphatic carbocycles. The van der Waals surface area contributed by atoms with Crippen molar-refractivity contribution >= 4 is 33.0 Å². The van der Waals surface area contributed by atoms with E-state index in [9.17, 15) is 18.0 Å². The molecule has 2 aromatic carbocycles. The second kappa shape index (κ2) is 12.8. The summed E-state index contributed by atoms with van der Waals surface area (Å²) in [6, 6.07) is 8.70. The van der Waals surface area contributed by atoms with Crippen molar-refractivity contribution in [3.63, 3.8) is 0 Å². The molecule has 1 heterocycles. The van der Waals surface area contributed by atoms with Crippen LogP contribution in [-0.2, 0) is 27.9 Å². The van der Waals surface area contributed by atoms with Crippen molar-refractivity contribution in [3.8, 4) is 5.75 Å². The first-order valence-electron chi connectivity index (χ1n) is 11.4. The normalized spacial score (nSPS) is 11.5. The number of fused-ring (bicyclic) bond motifs is 1. The minimum absolute atomic E-state index is 0.0577. The number of carbonyl (C=O) groups excluding carboxylic acids is 1. The number of hydrogen-bond acceptors (Lipinski definition) is 9. The van der Waals surface area contributed by atoms with Crippen LogP contribution in [0.1, 0.15) is 16.7 Å². The quantitative estimate of drug-likeness (QED) is 0.148. The molecule has 1 amide bonds. The highest BCUT2D eigenvalue weighted by Crippen LogP contribution is 2.28. The Balaban J connectivity index is 2.04. The van der Waals surface area contributed by atoms with Gasteiger partial charge in [-0.2, -0.15) is 8.42 Å². The van der Waals surface area contributed by atoms with E-state index in [2.05, 4.69) is 10.0 Å². The lowest BCUT2D eigenvalue weighted by molar-refractivity contribution is 0.0791.